The van der Waals surface area contributed by atoms with Crippen molar-refractivity contribution in [2.24, 2.45) is 0 Å². The number of hydrogen-bond donors (Lipinski definition) is 4. The van der Waals surface area contributed by atoms with Gasteiger partial charge in [-0.2, -0.15) is 0 Å². The fraction of sp³-hybridized carbons (Fsp3) is 0. The van der Waals surface area contributed by atoms with E-state index < -0.39 is 12.3 Å². The largest absolute Gasteiger partial charge is 0.503 e. The molecule has 4 N–H and O–H groups in total. The number of carboxylic acid groups (broad SMARTS) is 4. The maximum atomic E-state index is 8.56. The number of carbonyl (C=O) groups is 2. The molecule has 8 heteroatoms. The zero-order chi connectivity index (χ0) is 7.15. The SMILES string of the molecule is O=C(O)O.O=C(O)O.[Fe].[Fe]. The topological polar surface area (TPSA) is 115 Å². The second-order valence-corrected chi connectivity index (χ2v) is 0.565. The minimum Gasteiger partial charge on any atom is -0.450 e. The van der Waals surface area contributed by atoms with Gasteiger partial charge in [-0.05, 0) is 0 Å². The van der Waals surface area contributed by atoms with Crippen LogP contribution in [0.15, 0.2) is 0 Å². The molecule has 0 atom stereocenters. The van der Waals surface area contributed by atoms with Crippen molar-refractivity contribution < 1.29 is 64.2 Å². The van der Waals surface area contributed by atoms with Crippen LogP contribution in [0, 0.1) is 0 Å². The summed E-state index contributed by atoms with van der Waals surface area (Å²) >= 11 is 0. The molecule has 0 unspecified atom stereocenters. The molecule has 0 fully saturated rings. The maximum absolute atomic E-state index is 8.56. The molecule has 10 heavy (non-hydrogen) atoms. The van der Waals surface area contributed by atoms with Crippen LogP contribution in [0.1, 0.15) is 0 Å². The van der Waals surface area contributed by atoms with Crippen molar-refractivity contribution >= 4 is 12.3 Å². The van der Waals surface area contributed by atoms with Gasteiger partial charge in [-0.25, -0.2) is 9.59 Å². The van der Waals surface area contributed by atoms with Gasteiger partial charge in [-0.3, -0.25) is 0 Å². The molecule has 0 spiro atoms. The molecule has 0 rings (SSSR count). The van der Waals surface area contributed by atoms with E-state index in [2.05, 4.69) is 0 Å². The van der Waals surface area contributed by atoms with E-state index in [0.29, 0.717) is 0 Å². The van der Waals surface area contributed by atoms with Gasteiger partial charge in [0.05, 0.1) is 0 Å². The Hall–Kier alpha value is -0.421. The second-order valence-electron chi connectivity index (χ2n) is 0.565. The molecule has 0 amide bonds. The van der Waals surface area contributed by atoms with Crippen molar-refractivity contribution in [3.63, 3.8) is 0 Å². The third-order valence-electron chi connectivity index (χ3n) is 0. The van der Waals surface area contributed by atoms with Crippen molar-refractivity contribution in [1.29, 1.82) is 0 Å². The molecule has 64 valence electrons. The second kappa shape index (κ2) is 15.8. The molecule has 6 nitrogen and oxygen atoms in total. The molecule has 0 aliphatic rings. The van der Waals surface area contributed by atoms with Gasteiger partial charge in [0.15, 0.2) is 0 Å². The number of rotatable bonds is 0. The number of hydrogen-bond acceptors (Lipinski definition) is 2. The Bertz CT molecular complexity index is 71.7. The van der Waals surface area contributed by atoms with E-state index in [-0.39, 0.29) is 34.1 Å². The van der Waals surface area contributed by atoms with Gasteiger partial charge in [-0.1, -0.05) is 0 Å². The summed E-state index contributed by atoms with van der Waals surface area (Å²) in [5.74, 6) is 0. The Kier molecular flexibility index (Phi) is 35.9. The van der Waals surface area contributed by atoms with Gasteiger partial charge in [0.1, 0.15) is 0 Å². The summed E-state index contributed by atoms with van der Waals surface area (Å²) in [4.78, 5) is 17.1. The molecule has 0 heterocycles. The summed E-state index contributed by atoms with van der Waals surface area (Å²) in [5.41, 5.74) is 0. The van der Waals surface area contributed by atoms with Crippen LogP contribution in [0.5, 0.6) is 0 Å². The summed E-state index contributed by atoms with van der Waals surface area (Å²) in [7, 11) is 0. The molecule has 0 aromatic rings. The average Bonchev–Trinajstić information content (AvgIpc) is 1.25. The fourth-order valence-corrected chi connectivity index (χ4v) is 0. The Balaban J connectivity index is -0.0000000300. The van der Waals surface area contributed by atoms with Crippen LogP contribution < -0.4 is 0 Å². The van der Waals surface area contributed by atoms with E-state index in [1.165, 1.54) is 0 Å². The predicted octanol–water partition coefficient (Wildman–Crippen LogP) is 0.440. The van der Waals surface area contributed by atoms with Gasteiger partial charge in [0, 0.05) is 34.1 Å². The van der Waals surface area contributed by atoms with Crippen LogP contribution >= 0.6 is 0 Å². The molecule has 0 bridgehead atoms. The van der Waals surface area contributed by atoms with Gasteiger partial charge >= 0.3 is 12.3 Å². The van der Waals surface area contributed by atoms with Crippen molar-refractivity contribution in [3.05, 3.63) is 0 Å². The van der Waals surface area contributed by atoms with Crippen LogP contribution in [-0.4, -0.2) is 32.7 Å². The van der Waals surface area contributed by atoms with Crippen molar-refractivity contribution in [2.45, 2.75) is 0 Å². The molecule has 0 aromatic heterocycles. The van der Waals surface area contributed by atoms with Crippen LogP contribution in [0.3, 0.4) is 0 Å². The monoisotopic (exact) mass is 236 g/mol. The smallest absolute Gasteiger partial charge is 0.450 e. The zero-order valence-electron chi connectivity index (χ0n) is 4.31. The van der Waals surface area contributed by atoms with Crippen LogP contribution in [-0.2, 0) is 34.1 Å². The third kappa shape index (κ3) is 1850. The predicted molar refractivity (Wildman–Crippen MR) is 21.3 cm³/mol. The minimum absolute atomic E-state index is 0. The Morgan fingerprint density at radius 3 is 0.700 bits per heavy atom. The Morgan fingerprint density at radius 1 is 0.700 bits per heavy atom. The van der Waals surface area contributed by atoms with Gasteiger partial charge in [-0.15, -0.1) is 0 Å². The zero-order valence-corrected chi connectivity index (χ0v) is 6.52. The van der Waals surface area contributed by atoms with E-state index in [9.17, 15) is 0 Å². The summed E-state index contributed by atoms with van der Waals surface area (Å²) in [6.45, 7) is 0. The van der Waals surface area contributed by atoms with E-state index in [1.807, 2.05) is 0 Å². The first-order valence-corrected chi connectivity index (χ1v) is 1.30. The summed E-state index contributed by atoms with van der Waals surface area (Å²) in [5, 5.41) is 27.9. The third-order valence-corrected chi connectivity index (χ3v) is 0. The average molecular weight is 236 g/mol. The molecule has 0 aliphatic carbocycles. The Morgan fingerprint density at radius 2 is 0.700 bits per heavy atom. The summed E-state index contributed by atoms with van der Waals surface area (Å²) < 4.78 is 0. The summed E-state index contributed by atoms with van der Waals surface area (Å²) in [6.07, 6.45) is -3.67. The molecule has 0 aromatic carbocycles. The van der Waals surface area contributed by atoms with Gasteiger partial charge in [0.25, 0.3) is 0 Å². The molecule has 0 saturated carbocycles. The standard InChI is InChI=1S/2CH2O3.2Fe/c2*2-1(3)4;;/h2*(H2,2,3,4);;. The van der Waals surface area contributed by atoms with Gasteiger partial charge < -0.3 is 20.4 Å². The van der Waals surface area contributed by atoms with Crippen LogP contribution in [0.4, 0.5) is 9.59 Å². The van der Waals surface area contributed by atoms with Crippen molar-refractivity contribution in [3.8, 4) is 0 Å². The van der Waals surface area contributed by atoms with Crippen LogP contribution in [0.25, 0.3) is 0 Å². The molecular formula is C2H4Fe2O6. The first kappa shape index (κ1) is 22.7. The van der Waals surface area contributed by atoms with E-state index in [4.69, 9.17) is 30.0 Å². The van der Waals surface area contributed by atoms with Crippen molar-refractivity contribution in [1.82, 2.24) is 0 Å². The normalized spacial score (nSPS) is 4.80. The Labute approximate surface area is 76.8 Å². The van der Waals surface area contributed by atoms with E-state index in [0.717, 1.165) is 0 Å². The first-order valence-electron chi connectivity index (χ1n) is 1.30. The molecule has 0 radical (unpaired) electrons. The van der Waals surface area contributed by atoms with Crippen LogP contribution in [0.2, 0.25) is 0 Å². The maximum Gasteiger partial charge on any atom is 0.503 e. The minimum atomic E-state index is -1.83. The molecule has 0 saturated heterocycles. The van der Waals surface area contributed by atoms with E-state index in [1.54, 1.807) is 0 Å². The van der Waals surface area contributed by atoms with E-state index >= 15 is 0 Å². The van der Waals surface area contributed by atoms with Gasteiger partial charge in [0.2, 0.25) is 0 Å². The molecular weight excluding hydrogens is 232 g/mol. The summed E-state index contributed by atoms with van der Waals surface area (Å²) in [6, 6.07) is 0. The quantitative estimate of drug-likeness (QED) is 0.453. The van der Waals surface area contributed by atoms with Crippen molar-refractivity contribution in [2.75, 3.05) is 0 Å². The molecule has 0 aliphatic heterocycles. The first-order chi connectivity index (χ1) is 3.46. The fourth-order valence-electron chi connectivity index (χ4n) is 0.